The van der Waals surface area contributed by atoms with Gasteiger partial charge in [-0.25, -0.2) is 4.79 Å². The molecule has 1 fully saturated rings. The van der Waals surface area contributed by atoms with Gasteiger partial charge in [-0.2, -0.15) is 0 Å². The number of ether oxygens (including phenoxy) is 4. The number of carbonyl (C=O) groups is 1. The van der Waals surface area contributed by atoms with Gasteiger partial charge in [-0.05, 0) is 50.8 Å². The first-order valence-corrected chi connectivity index (χ1v) is 11.3. The van der Waals surface area contributed by atoms with E-state index in [9.17, 15) is 9.59 Å². The largest absolute Gasteiger partial charge is 0.493 e. The number of pyridine rings is 1. The molecule has 2 aliphatic rings. The van der Waals surface area contributed by atoms with Gasteiger partial charge in [0.05, 0.1) is 38.1 Å². The molecule has 2 aliphatic heterocycles. The van der Waals surface area contributed by atoms with Gasteiger partial charge < -0.3 is 18.9 Å². The number of hydrogen-bond acceptors (Lipinski definition) is 7. The predicted molar refractivity (Wildman–Crippen MR) is 125 cm³/mol. The van der Waals surface area contributed by atoms with Crippen LogP contribution in [0, 0.1) is 0 Å². The van der Waals surface area contributed by atoms with Crippen molar-refractivity contribution in [3.8, 4) is 22.8 Å². The fraction of sp³-hybridized carbons (Fsp3) is 0.520. The van der Waals surface area contributed by atoms with E-state index in [-0.39, 0.29) is 22.6 Å². The van der Waals surface area contributed by atoms with Gasteiger partial charge in [-0.15, -0.1) is 0 Å². The van der Waals surface area contributed by atoms with Gasteiger partial charge >= 0.3 is 5.97 Å². The molecule has 1 aromatic carbocycles. The van der Waals surface area contributed by atoms with Crippen LogP contribution in [-0.2, 0) is 9.47 Å². The molecule has 8 nitrogen and oxygen atoms in total. The van der Waals surface area contributed by atoms with Gasteiger partial charge in [0.1, 0.15) is 5.56 Å². The lowest BCUT2D eigenvalue weighted by molar-refractivity contribution is 0.0597. The average Bonchev–Trinajstić information content (AvgIpc) is 2.80. The second-order valence-electron chi connectivity index (χ2n) is 9.12. The molecule has 0 aliphatic carbocycles. The third kappa shape index (κ3) is 4.08. The molecule has 8 heteroatoms. The fourth-order valence-electron chi connectivity index (χ4n) is 5.01. The van der Waals surface area contributed by atoms with Crippen LogP contribution in [0.2, 0.25) is 0 Å². The van der Waals surface area contributed by atoms with Crippen LogP contribution >= 0.6 is 0 Å². The van der Waals surface area contributed by atoms with E-state index in [2.05, 4.69) is 18.9 Å². The van der Waals surface area contributed by atoms with Crippen molar-refractivity contribution >= 4 is 5.97 Å². The number of rotatable bonds is 7. The summed E-state index contributed by atoms with van der Waals surface area (Å²) < 4.78 is 23.6. The van der Waals surface area contributed by atoms with Crippen molar-refractivity contribution in [3.05, 3.63) is 45.7 Å². The molecular formula is C25H32N2O6. The zero-order chi connectivity index (χ0) is 23.8. The van der Waals surface area contributed by atoms with Crippen molar-refractivity contribution < 1.29 is 23.7 Å². The summed E-state index contributed by atoms with van der Waals surface area (Å²) in [4.78, 5) is 25.1. The molecule has 1 atom stereocenters. The van der Waals surface area contributed by atoms with Gasteiger partial charge in [0.2, 0.25) is 0 Å². The monoisotopic (exact) mass is 456 g/mol. The summed E-state index contributed by atoms with van der Waals surface area (Å²) in [5, 5.41) is 2.28. The minimum atomic E-state index is -0.634. The van der Waals surface area contributed by atoms with Crippen LogP contribution in [0.1, 0.15) is 61.5 Å². The third-order valence-electron chi connectivity index (χ3n) is 6.57. The number of methoxy groups -OCH3 is 3. The highest BCUT2D eigenvalue weighted by atomic mass is 16.5. The lowest BCUT2D eigenvalue weighted by Gasteiger charge is -2.53. The highest BCUT2D eigenvalue weighted by Crippen LogP contribution is 2.49. The summed E-state index contributed by atoms with van der Waals surface area (Å²) in [5.41, 5.74) is 2.19. The van der Waals surface area contributed by atoms with Crippen molar-refractivity contribution in [3.63, 3.8) is 0 Å². The van der Waals surface area contributed by atoms with Crippen LogP contribution in [0.5, 0.6) is 11.5 Å². The molecule has 0 spiro atoms. The Morgan fingerprint density at radius 3 is 2.61 bits per heavy atom. The summed E-state index contributed by atoms with van der Waals surface area (Å²) in [7, 11) is 4.56. The molecule has 3 heterocycles. The van der Waals surface area contributed by atoms with E-state index in [0.29, 0.717) is 24.7 Å². The summed E-state index contributed by atoms with van der Waals surface area (Å²) >= 11 is 0. The lowest BCUT2D eigenvalue weighted by Crippen LogP contribution is -2.57. The molecule has 33 heavy (non-hydrogen) atoms. The van der Waals surface area contributed by atoms with E-state index in [1.54, 1.807) is 20.4 Å². The van der Waals surface area contributed by atoms with Gasteiger partial charge in [-0.1, -0.05) is 0 Å². The van der Waals surface area contributed by atoms with Crippen molar-refractivity contribution in [1.29, 1.82) is 0 Å². The maximum Gasteiger partial charge on any atom is 0.343 e. The van der Waals surface area contributed by atoms with E-state index in [4.69, 9.17) is 18.9 Å². The first-order valence-electron chi connectivity index (χ1n) is 11.3. The molecule has 178 valence electrons. The number of aromatic nitrogens is 1. The Hall–Kier alpha value is -3.00. The minimum absolute atomic E-state index is 0.0230. The standard InChI is InChI=1S/C25H32N2O6/c1-25(2)9-6-8-19-16-13-23(33-11-7-10-30-3)22(31-4)12-17(16)20-14-21(28)18(24(29)32-5)15-26(20)27(19)25/h12-15,19H,6-11H2,1-5H3/t19-/m1/s1. The second kappa shape index (κ2) is 9.09. The number of nitrogens with zero attached hydrogens (tertiary/aromatic N) is 2. The van der Waals surface area contributed by atoms with Crippen LogP contribution in [0.25, 0.3) is 11.3 Å². The highest BCUT2D eigenvalue weighted by molar-refractivity contribution is 5.89. The second-order valence-corrected chi connectivity index (χ2v) is 9.12. The summed E-state index contributed by atoms with van der Waals surface area (Å²) in [5.74, 6) is 0.647. The Bertz CT molecular complexity index is 1110. The number of carbonyl (C=O) groups excluding carboxylic acids is 1. The Morgan fingerprint density at radius 2 is 1.91 bits per heavy atom. The molecule has 0 unspecified atom stereocenters. The van der Waals surface area contributed by atoms with Gasteiger partial charge in [0.25, 0.3) is 0 Å². The quantitative estimate of drug-likeness (QED) is 0.464. The van der Waals surface area contributed by atoms with Crippen LogP contribution in [0.3, 0.4) is 0 Å². The van der Waals surface area contributed by atoms with Crippen LogP contribution in [-0.4, -0.2) is 50.7 Å². The highest BCUT2D eigenvalue weighted by Gasteiger charge is 2.43. The Labute approximate surface area is 194 Å². The Kier molecular flexibility index (Phi) is 6.38. The number of esters is 1. The van der Waals surface area contributed by atoms with E-state index >= 15 is 0 Å². The minimum Gasteiger partial charge on any atom is -0.493 e. The van der Waals surface area contributed by atoms with Crippen molar-refractivity contribution in [2.24, 2.45) is 0 Å². The summed E-state index contributed by atoms with van der Waals surface area (Å²) in [6, 6.07) is 5.56. The Balaban J connectivity index is 1.90. The van der Waals surface area contributed by atoms with Gasteiger partial charge in [0, 0.05) is 38.0 Å². The van der Waals surface area contributed by atoms with Crippen LogP contribution in [0.15, 0.2) is 29.2 Å². The van der Waals surface area contributed by atoms with Crippen LogP contribution in [0.4, 0.5) is 0 Å². The third-order valence-corrected chi connectivity index (χ3v) is 6.57. The van der Waals surface area contributed by atoms with Crippen molar-refractivity contribution in [1.82, 2.24) is 4.68 Å². The number of hydrogen-bond donors (Lipinski definition) is 0. The number of piperidine rings is 1. The topological polar surface area (TPSA) is 79.2 Å². The zero-order valence-corrected chi connectivity index (χ0v) is 20.0. The van der Waals surface area contributed by atoms with Crippen molar-refractivity contribution in [2.75, 3.05) is 39.6 Å². The first kappa shape index (κ1) is 23.2. The molecule has 0 bridgehead atoms. The molecule has 1 saturated heterocycles. The molecule has 0 radical (unpaired) electrons. The number of benzene rings is 1. The van der Waals surface area contributed by atoms with E-state index in [1.807, 2.05) is 16.8 Å². The molecule has 2 aromatic rings. The van der Waals surface area contributed by atoms with E-state index in [0.717, 1.165) is 42.5 Å². The maximum atomic E-state index is 12.8. The van der Waals surface area contributed by atoms with Gasteiger partial charge in [0.15, 0.2) is 16.9 Å². The van der Waals surface area contributed by atoms with Gasteiger partial charge in [-0.3, -0.25) is 14.5 Å². The summed E-state index contributed by atoms with van der Waals surface area (Å²) in [6.07, 6.45) is 5.41. The predicted octanol–water partition coefficient (Wildman–Crippen LogP) is 3.68. The number of fused-ring (bicyclic) bond motifs is 6. The van der Waals surface area contributed by atoms with Crippen LogP contribution < -0.4 is 19.9 Å². The molecule has 1 aromatic heterocycles. The smallest absolute Gasteiger partial charge is 0.343 e. The maximum absolute atomic E-state index is 12.8. The summed E-state index contributed by atoms with van der Waals surface area (Å²) in [6.45, 7) is 5.52. The van der Waals surface area contributed by atoms with Crippen molar-refractivity contribution in [2.45, 2.75) is 51.1 Å². The molecule has 0 N–H and O–H groups in total. The SMILES string of the molecule is COCCCOc1cc2c(cc1OC)-c1cc(=O)c(C(=O)OC)cn1N1[C@@H]2CCCC1(C)C. The lowest BCUT2D eigenvalue weighted by atomic mass is 9.82. The Morgan fingerprint density at radius 1 is 1.12 bits per heavy atom. The molecule has 4 rings (SSSR count). The molecular weight excluding hydrogens is 424 g/mol. The molecule has 0 saturated carbocycles. The normalized spacial score (nSPS) is 18.1. The fourth-order valence-corrected chi connectivity index (χ4v) is 5.01. The van der Waals surface area contributed by atoms with E-state index in [1.165, 1.54) is 13.2 Å². The molecule has 0 amide bonds. The van der Waals surface area contributed by atoms with E-state index < -0.39 is 5.97 Å². The average molecular weight is 457 g/mol. The zero-order valence-electron chi connectivity index (χ0n) is 20.0. The first-order chi connectivity index (χ1) is 15.8.